The Labute approximate surface area is 140 Å². The first-order chi connectivity index (χ1) is 11.2. The van der Waals surface area contributed by atoms with Crippen molar-refractivity contribution in [2.75, 3.05) is 7.11 Å². The molecule has 1 amide bonds. The monoisotopic (exact) mass is 361 g/mol. The van der Waals surface area contributed by atoms with Crippen molar-refractivity contribution in [1.29, 1.82) is 0 Å². The van der Waals surface area contributed by atoms with Gasteiger partial charge < -0.3 is 10.1 Å². The fourth-order valence-corrected chi connectivity index (χ4v) is 2.16. The average Bonchev–Trinajstić information content (AvgIpc) is 2.53. The van der Waals surface area contributed by atoms with E-state index < -0.39 is 29.0 Å². The van der Waals surface area contributed by atoms with Crippen molar-refractivity contribution < 1.29 is 27.1 Å². The number of amides is 1. The number of methoxy groups -OCH3 is 1. The van der Waals surface area contributed by atoms with Gasteiger partial charge in [0.1, 0.15) is 11.6 Å². The van der Waals surface area contributed by atoms with E-state index in [1.54, 1.807) is 18.2 Å². The van der Waals surface area contributed by atoms with Gasteiger partial charge in [-0.15, -0.1) is 0 Å². The number of benzene rings is 2. The summed E-state index contributed by atoms with van der Waals surface area (Å²) in [5.41, 5.74) is -1.18. The van der Waals surface area contributed by atoms with Crippen molar-refractivity contribution >= 4 is 17.5 Å². The fourth-order valence-electron chi connectivity index (χ4n) is 1.97. The Balaban J connectivity index is 2.16. The van der Waals surface area contributed by atoms with Gasteiger partial charge in [-0.1, -0.05) is 17.7 Å². The van der Waals surface area contributed by atoms with Crippen LogP contribution in [0, 0.1) is 5.82 Å². The van der Waals surface area contributed by atoms with Crippen molar-refractivity contribution in [3.05, 3.63) is 63.9 Å². The number of rotatable bonds is 4. The highest BCUT2D eigenvalue weighted by molar-refractivity contribution is 6.32. The molecular formula is C16H12ClF4NO2. The summed E-state index contributed by atoms with van der Waals surface area (Å²) in [6, 6.07) is 6.39. The van der Waals surface area contributed by atoms with E-state index in [0.717, 1.165) is 0 Å². The van der Waals surface area contributed by atoms with Gasteiger partial charge in [0, 0.05) is 6.54 Å². The van der Waals surface area contributed by atoms with E-state index in [0.29, 0.717) is 34.5 Å². The van der Waals surface area contributed by atoms with E-state index in [4.69, 9.17) is 16.3 Å². The molecule has 0 aliphatic carbocycles. The third-order valence-electron chi connectivity index (χ3n) is 3.21. The summed E-state index contributed by atoms with van der Waals surface area (Å²) in [5, 5.41) is 2.73. The van der Waals surface area contributed by atoms with Crippen molar-refractivity contribution in [3.8, 4) is 5.75 Å². The Hall–Kier alpha value is -2.28. The molecule has 0 heterocycles. The van der Waals surface area contributed by atoms with Crippen LogP contribution in [0.3, 0.4) is 0 Å². The predicted octanol–water partition coefficient (Wildman–Crippen LogP) is 4.44. The molecule has 0 unspecified atom stereocenters. The van der Waals surface area contributed by atoms with Gasteiger partial charge in [-0.05, 0) is 35.9 Å². The lowest BCUT2D eigenvalue weighted by Gasteiger charge is -2.11. The van der Waals surface area contributed by atoms with Crippen LogP contribution in [0.1, 0.15) is 21.5 Å². The molecule has 3 nitrogen and oxygen atoms in total. The zero-order valence-electron chi connectivity index (χ0n) is 12.4. The molecule has 0 radical (unpaired) electrons. The quantitative estimate of drug-likeness (QED) is 0.818. The molecule has 0 aliphatic heterocycles. The number of carbonyl (C=O) groups is 1. The van der Waals surface area contributed by atoms with Crippen molar-refractivity contribution in [2.45, 2.75) is 12.7 Å². The lowest BCUT2D eigenvalue weighted by Crippen LogP contribution is -2.24. The van der Waals surface area contributed by atoms with E-state index >= 15 is 0 Å². The van der Waals surface area contributed by atoms with Crippen molar-refractivity contribution in [2.24, 2.45) is 0 Å². The van der Waals surface area contributed by atoms with Gasteiger partial charge in [-0.25, -0.2) is 4.39 Å². The minimum atomic E-state index is -4.66. The third kappa shape index (κ3) is 4.17. The first kappa shape index (κ1) is 18.1. The van der Waals surface area contributed by atoms with Crippen LogP contribution in [0.2, 0.25) is 5.02 Å². The minimum Gasteiger partial charge on any atom is -0.495 e. The average molecular weight is 362 g/mol. The molecule has 2 rings (SSSR count). The van der Waals surface area contributed by atoms with Gasteiger partial charge in [0.2, 0.25) is 0 Å². The number of hydrogen-bond acceptors (Lipinski definition) is 2. The van der Waals surface area contributed by atoms with Gasteiger partial charge in [0.05, 0.1) is 23.3 Å². The second-order valence-electron chi connectivity index (χ2n) is 4.84. The number of carbonyl (C=O) groups excluding carboxylic acids is 1. The Morgan fingerprint density at radius 3 is 2.54 bits per heavy atom. The predicted molar refractivity (Wildman–Crippen MR) is 80.6 cm³/mol. The highest BCUT2D eigenvalue weighted by Gasteiger charge is 2.31. The zero-order valence-corrected chi connectivity index (χ0v) is 13.1. The van der Waals surface area contributed by atoms with Crippen LogP contribution < -0.4 is 10.1 Å². The second-order valence-corrected chi connectivity index (χ2v) is 5.25. The fraction of sp³-hybridized carbons (Fsp3) is 0.188. The van der Waals surface area contributed by atoms with Crippen LogP contribution in [0.25, 0.3) is 0 Å². The minimum absolute atomic E-state index is 0.0257. The van der Waals surface area contributed by atoms with Gasteiger partial charge in [0.15, 0.2) is 0 Å². The third-order valence-corrected chi connectivity index (χ3v) is 3.52. The van der Waals surface area contributed by atoms with E-state index in [2.05, 4.69) is 5.32 Å². The van der Waals surface area contributed by atoms with E-state index in [9.17, 15) is 22.4 Å². The van der Waals surface area contributed by atoms with Gasteiger partial charge in [-0.3, -0.25) is 4.79 Å². The lowest BCUT2D eigenvalue weighted by molar-refractivity contribution is -0.137. The van der Waals surface area contributed by atoms with Gasteiger partial charge in [-0.2, -0.15) is 13.2 Å². The highest BCUT2D eigenvalue weighted by atomic mass is 35.5. The topological polar surface area (TPSA) is 38.3 Å². The molecule has 8 heteroatoms. The molecule has 128 valence electrons. The maximum absolute atomic E-state index is 13.6. The molecule has 0 bridgehead atoms. The standard InChI is InChI=1S/C16H12ClF4NO2/c1-24-14-6-9(2-4-12(14)17)8-22-15(23)11-7-10(16(19,20)21)3-5-13(11)18/h2-7H,8H2,1H3,(H,22,23). The zero-order chi connectivity index (χ0) is 17.9. The number of alkyl halides is 3. The Bertz CT molecular complexity index is 762. The summed E-state index contributed by atoms with van der Waals surface area (Å²) < 4.78 is 56.6. The van der Waals surface area contributed by atoms with Gasteiger partial charge >= 0.3 is 6.18 Å². The SMILES string of the molecule is COc1cc(CNC(=O)c2cc(C(F)(F)F)ccc2F)ccc1Cl. The largest absolute Gasteiger partial charge is 0.495 e. The molecule has 0 saturated heterocycles. The molecular weight excluding hydrogens is 350 g/mol. The molecule has 2 aromatic carbocycles. The molecule has 0 spiro atoms. The summed E-state index contributed by atoms with van der Waals surface area (Å²) in [5.74, 6) is -1.60. The van der Waals surface area contributed by atoms with Crippen LogP contribution in [-0.4, -0.2) is 13.0 Å². The Morgan fingerprint density at radius 2 is 1.92 bits per heavy atom. The van der Waals surface area contributed by atoms with Gasteiger partial charge in [0.25, 0.3) is 5.91 Å². The summed E-state index contributed by atoms with van der Waals surface area (Å²) in [4.78, 5) is 12.0. The smallest absolute Gasteiger partial charge is 0.416 e. The normalized spacial score (nSPS) is 11.2. The van der Waals surface area contributed by atoms with Crippen LogP contribution in [0.15, 0.2) is 36.4 Å². The summed E-state index contributed by atoms with van der Waals surface area (Å²) in [7, 11) is 1.42. The van der Waals surface area contributed by atoms with E-state index in [-0.39, 0.29) is 6.54 Å². The van der Waals surface area contributed by atoms with E-state index in [1.807, 2.05) is 0 Å². The molecule has 24 heavy (non-hydrogen) atoms. The lowest BCUT2D eigenvalue weighted by atomic mass is 10.1. The number of nitrogens with one attached hydrogen (secondary N) is 1. The highest BCUT2D eigenvalue weighted by Crippen LogP contribution is 2.30. The Morgan fingerprint density at radius 1 is 1.21 bits per heavy atom. The molecule has 1 N–H and O–H groups in total. The van der Waals surface area contributed by atoms with Crippen LogP contribution in [0.5, 0.6) is 5.75 Å². The first-order valence-electron chi connectivity index (χ1n) is 6.69. The number of halogens is 5. The summed E-state index contributed by atoms with van der Waals surface area (Å²) in [6.45, 7) is -0.0257. The maximum Gasteiger partial charge on any atom is 0.416 e. The maximum atomic E-state index is 13.6. The molecule has 0 fully saturated rings. The van der Waals surface area contributed by atoms with Crippen molar-refractivity contribution in [1.82, 2.24) is 5.32 Å². The Kier molecular flexibility index (Phi) is 5.33. The number of ether oxygens (including phenoxy) is 1. The summed E-state index contributed by atoms with van der Waals surface area (Å²) >= 11 is 5.87. The van der Waals surface area contributed by atoms with Crippen LogP contribution >= 0.6 is 11.6 Å². The molecule has 0 saturated carbocycles. The second kappa shape index (κ2) is 7.09. The molecule has 0 aliphatic rings. The van der Waals surface area contributed by atoms with Crippen molar-refractivity contribution in [3.63, 3.8) is 0 Å². The van der Waals surface area contributed by atoms with E-state index in [1.165, 1.54) is 7.11 Å². The molecule has 2 aromatic rings. The molecule has 0 aromatic heterocycles. The van der Waals surface area contributed by atoms with Crippen LogP contribution in [0.4, 0.5) is 17.6 Å². The molecule has 0 atom stereocenters. The first-order valence-corrected chi connectivity index (χ1v) is 7.07. The van der Waals surface area contributed by atoms with Crippen LogP contribution in [-0.2, 0) is 12.7 Å². The summed E-state index contributed by atoms with van der Waals surface area (Å²) in [6.07, 6.45) is -4.66. The number of hydrogen-bond donors (Lipinski definition) is 1.